The number of aliphatic hydroxyl groups is 1. The summed E-state index contributed by atoms with van der Waals surface area (Å²) < 4.78 is 30.4. The summed E-state index contributed by atoms with van der Waals surface area (Å²) >= 11 is 0. The number of ether oxygens (including phenoxy) is 5. The van der Waals surface area contributed by atoms with Crippen LogP contribution in [0.5, 0.6) is 0 Å². The average Bonchev–Trinajstić information content (AvgIpc) is 3.16. The van der Waals surface area contributed by atoms with Crippen molar-refractivity contribution in [2.45, 2.75) is 151 Å². The number of carbonyl (C=O) groups excluding carboxylic acids is 5. The Kier molecular flexibility index (Phi) is 12.7. The Morgan fingerprint density at radius 3 is 1.77 bits per heavy atom. The Labute approximate surface area is 279 Å². The minimum Gasteiger partial charge on any atom is -0.462 e. The van der Waals surface area contributed by atoms with E-state index in [-0.39, 0.29) is 31.6 Å². The zero-order chi connectivity index (χ0) is 35.4. The number of carbonyl (C=O) groups is 5. The summed E-state index contributed by atoms with van der Waals surface area (Å²) in [5, 5.41) is 11.9. The van der Waals surface area contributed by atoms with Gasteiger partial charge in [0.1, 0.15) is 30.5 Å². The third-order valence-corrected chi connectivity index (χ3v) is 10.6. The highest BCUT2D eigenvalue weighted by Gasteiger charge is 2.73. The first kappa shape index (κ1) is 38.5. The minimum atomic E-state index is -1.43. The van der Waals surface area contributed by atoms with Gasteiger partial charge >= 0.3 is 29.8 Å². The lowest BCUT2D eigenvalue weighted by atomic mass is 9.49. The minimum absolute atomic E-state index is 0.110. The lowest BCUT2D eigenvalue weighted by Gasteiger charge is -2.58. The van der Waals surface area contributed by atoms with Crippen molar-refractivity contribution in [3.05, 3.63) is 11.6 Å². The Morgan fingerprint density at radius 2 is 1.30 bits per heavy atom. The van der Waals surface area contributed by atoms with Gasteiger partial charge in [0, 0.05) is 49.9 Å². The van der Waals surface area contributed by atoms with Crippen LogP contribution in [-0.2, 0) is 47.7 Å². The van der Waals surface area contributed by atoms with Crippen molar-refractivity contribution in [3.8, 4) is 0 Å². The van der Waals surface area contributed by atoms with Gasteiger partial charge in [-0.2, -0.15) is 0 Å². The summed E-state index contributed by atoms with van der Waals surface area (Å²) in [7, 11) is 0. The van der Waals surface area contributed by atoms with E-state index in [1.165, 1.54) is 13.8 Å². The van der Waals surface area contributed by atoms with Gasteiger partial charge in [-0.3, -0.25) is 24.0 Å². The highest BCUT2D eigenvalue weighted by atomic mass is 16.6. The standard InChI is InChI=1S/C36H56O11/c1-11-14-25(39)45-32-28(19(4)5)29-23-17-20(6)31(44-22(8)38)30(42)33(46-26(40)15-12-2)35(23,9)18-24(43-21(7)37)36(29,10)34(32)47-27(41)16-13-3/h17,19,23-24,28-34,42H,11-16,18H2,1-10H3. The fourth-order valence-electron chi connectivity index (χ4n) is 8.62. The van der Waals surface area contributed by atoms with E-state index in [0.29, 0.717) is 24.8 Å². The fraction of sp³-hybridized carbons (Fsp3) is 0.806. The van der Waals surface area contributed by atoms with Gasteiger partial charge < -0.3 is 28.8 Å². The summed E-state index contributed by atoms with van der Waals surface area (Å²) in [5.41, 5.74) is -1.55. The summed E-state index contributed by atoms with van der Waals surface area (Å²) in [6.45, 7) is 17.7. The van der Waals surface area contributed by atoms with Gasteiger partial charge in [-0.05, 0) is 55.9 Å². The van der Waals surface area contributed by atoms with E-state index in [1.54, 1.807) is 6.92 Å². The van der Waals surface area contributed by atoms with Gasteiger partial charge in [-0.1, -0.05) is 54.5 Å². The molecule has 11 unspecified atom stereocenters. The maximum Gasteiger partial charge on any atom is 0.306 e. The molecule has 0 heterocycles. The Hall–Kier alpha value is -2.95. The molecule has 0 aromatic carbocycles. The van der Waals surface area contributed by atoms with Crippen molar-refractivity contribution in [3.63, 3.8) is 0 Å². The van der Waals surface area contributed by atoms with E-state index in [2.05, 4.69) is 0 Å². The van der Waals surface area contributed by atoms with E-state index in [9.17, 15) is 29.1 Å². The smallest absolute Gasteiger partial charge is 0.306 e. The molecule has 3 aliphatic carbocycles. The quantitative estimate of drug-likeness (QED) is 0.166. The fourth-order valence-corrected chi connectivity index (χ4v) is 8.62. The predicted octanol–water partition coefficient (Wildman–Crippen LogP) is 5.24. The summed E-state index contributed by atoms with van der Waals surface area (Å²) in [5.74, 6) is -4.00. The molecule has 11 heteroatoms. The van der Waals surface area contributed by atoms with Crippen LogP contribution in [0.2, 0.25) is 0 Å². The molecule has 0 aliphatic heterocycles. The van der Waals surface area contributed by atoms with Gasteiger partial charge in [0.05, 0.1) is 0 Å². The van der Waals surface area contributed by atoms with Crippen LogP contribution in [0.3, 0.4) is 0 Å². The maximum atomic E-state index is 13.2. The molecule has 1 N–H and O–H groups in total. The second-order valence-corrected chi connectivity index (χ2v) is 14.5. The third-order valence-electron chi connectivity index (χ3n) is 10.6. The van der Waals surface area contributed by atoms with Crippen molar-refractivity contribution in [1.82, 2.24) is 0 Å². The molecule has 0 radical (unpaired) electrons. The monoisotopic (exact) mass is 664 g/mol. The Morgan fingerprint density at radius 1 is 0.809 bits per heavy atom. The number of hydrogen-bond donors (Lipinski definition) is 1. The van der Waals surface area contributed by atoms with E-state index in [4.69, 9.17) is 23.7 Å². The highest BCUT2D eigenvalue weighted by molar-refractivity contribution is 5.71. The average molecular weight is 665 g/mol. The molecule has 0 amide bonds. The normalized spacial score (nSPS) is 36.3. The van der Waals surface area contributed by atoms with E-state index in [0.717, 1.165) is 0 Å². The number of aliphatic hydroxyl groups excluding tert-OH is 1. The van der Waals surface area contributed by atoms with Crippen molar-refractivity contribution in [2.24, 2.45) is 34.5 Å². The largest absolute Gasteiger partial charge is 0.462 e. The van der Waals surface area contributed by atoms with Crippen molar-refractivity contribution < 1.29 is 52.8 Å². The lowest BCUT2D eigenvalue weighted by Crippen LogP contribution is -2.63. The molecular weight excluding hydrogens is 608 g/mol. The summed E-state index contributed by atoms with van der Waals surface area (Å²) in [4.78, 5) is 64.6. The van der Waals surface area contributed by atoms with Crippen LogP contribution in [0.25, 0.3) is 0 Å². The van der Waals surface area contributed by atoms with Crippen LogP contribution in [0.15, 0.2) is 11.6 Å². The van der Waals surface area contributed by atoms with Crippen LogP contribution < -0.4 is 0 Å². The third kappa shape index (κ3) is 7.70. The topological polar surface area (TPSA) is 152 Å². The van der Waals surface area contributed by atoms with E-state index < -0.39 is 95.1 Å². The van der Waals surface area contributed by atoms with Crippen LogP contribution >= 0.6 is 0 Å². The van der Waals surface area contributed by atoms with Gasteiger partial charge in [-0.15, -0.1) is 0 Å². The maximum absolute atomic E-state index is 13.2. The molecule has 11 atom stereocenters. The molecule has 47 heavy (non-hydrogen) atoms. The molecule has 0 aromatic heterocycles. The zero-order valence-electron chi connectivity index (χ0n) is 29.8. The Balaban J connectivity index is 2.39. The molecule has 266 valence electrons. The second kappa shape index (κ2) is 15.5. The number of esters is 5. The number of hydrogen-bond acceptors (Lipinski definition) is 11. The van der Waals surface area contributed by atoms with Crippen LogP contribution in [-0.4, -0.2) is 71.6 Å². The Bertz CT molecular complexity index is 1210. The number of fused-ring (bicyclic) bond motifs is 3. The molecule has 2 saturated carbocycles. The van der Waals surface area contributed by atoms with Gasteiger partial charge in [0.25, 0.3) is 0 Å². The molecule has 2 fully saturated rings. The number of rotatable bonds is 12. The van der Waals surface area contributed by atoms with Crippen LogP contribution in [0.1, 0.15) is 114 Å². The van der Waals surface area contributed by atoms with Crippen molar-refractivity contribution >= 4 is 29.8 Å². The summed E-state index contributed by atoms with van der Waals surface area (Å²) in [6, 6.07) is 0. The molecule has 0 saturated heterocycles. The zero-order valence-corrected chi connectivity index (χ0v) is 29.8. The molecule has 3 aliphatic rings. The first-order valence-corrected chi connectivity index (χ1v) is 17.3. The van der Waals surface area contributed by atoms with Crippen molar-refractivity contribution in [2.75, 3.05) is 0 Å². The van der Waals surface area contributed by atoms with Gasteiger partial charge in [-0.25, -0.2) is 0 Å². The van der Waals surface area contributed by atoms with E-state index >= 15 is 0 Å². The van der Waals surface area contributed by atoms with E-state index in [1.807, 2.05) is 54.5 Å². The molecule has 3 rings (SSSR count). The molecule has 0 spiro atoms. The van der Waals surface area contributed by atoms with Gasteiger partial charge in [0.15, 0.2) is 6.10 Å². The van der Waals surface area contributed by atoms with Crippen molar-refractivity contribution in [1.29, 1.82) is 0 Å². The first-order chi connectivity index (χ1) is 22.0. The SMILES string of the molecule is CCCC(=O)OC1C(C(C)C)C2C3C=C(C)C(OC(C)=O)C(O)C(OC(=O)CCC)C3(C)CC(OC(C)=O)C2(C)C1OC(=O)CCC. The number of allylic oxidation sites excluding steroid dienone is 1. The first-order valence-electron chi connectivity index (χ1n) is 17.3. The van der Waals surface area contributed by atoms with Crippen LogP contribution in [0, 0.1) is 34.5 Å². The highest BCUT2D eigenvalue weighted by Crippen LogP contribution is 2.67. The lowest BCUT2D eigenvalue weighted by molar-refractivity contribution is -0.223. The molecular formula is C36H56O11. The van der Waals surface area contributed by atoms with Crippen LogP contribution in [0.4, 0.5) is 0 Å². The molecule has 0 aromatic rings. The van der Waals surface area contributed by atoms with Gasteiger partial charge in [0.2, 0.25) is 0 Å². The molecule has 0 bridgehead atoms. The predicted molar refractivity (Wildman–Crippen MR) is 171 cm³/mol. The molecule has 11 nitrogen and oxygen atoms in total. The summed E-state index contributed by atoms with van der Waals surface area (Å²) in [6.07, 6.45) is -2.24. The second-order valence-electron chi connectivity index (χ2n) is 14.5.